The highest BCUT2D eigenvalue weighted by Crippen LogP contribution is 2.16. The minimum absolute atomic E-state index is 0.326. The minimum atomic E-state index is -0.326. The van der Waals surface area contributed by atoms with Crippen LogP contribution in [0.1, 0.15) is 12.0 Å². The van der Waals surface area contributed by atoms with Gasteiger partial charge >= 0.3 is 5.76 Å². The van der Waals surface area contributed by atoms with Crippen molar-refractivity contribution in [1.29, 1.82) is 0 Å². The van der Waals surface area contributed by atoms with Gasteiger partial charge in [-0.25, -0.2) is 4.79 Å². The molecule has 3 rings (SSSR count). The third kappa shape index (κ3) is 2.98. The van der Waals surface area contributed by atoms with E-state index in [4.69, 9.17) is 14.9 Å². The molecule has 0 aliphatic carbocycles. The molecular formula is C17H18N2O3. The Morgan fingerprint density at radius 2 is 1.95 bits per heavy atom. The molecule has 1 heterocycles. The van der Waals surface area contributed by atoms with E-state index in [-0.39, 0.29) is 5.76 Å². The summed E-state index contributed by atoms with van der Waals surface area (Å²) in [6.07, 6.45) is 0.715. The molecule has 5 heteroatoms. The Morgan fingerprint density at radius 1 is 1.18 bits per heavy atom. The molecule has 0 saturated heterocycles. The van der Waals surface area contributed by atoms with Crippen molar-refractivity contribution in [3.8, 4) is 5.75 Å². The van der Waals surface area contributed by atoms with Crippen molar-refractivity contribution in [2.45, 2.75) is 19.9 Å². The molecule has 5 nitrogen and oxygen atoms in total. The summed E-state index contributed by atoms with van der Waals surface area (Å²) in [5.74, 6) is 0.447. The highest BCUT2D eigenvalue weighted by atomic mass is 16.5. The zero-order chi connectivity index (χ0) is 15.5. The van der Waals surface area contributed by atoms with Gasteiger partial charge in [-0.2, -0.15) is 0 Å². The Balaban J connectivity index is 1.64. The van der Waals surface area contributed by atoms with E-state index in [1.165, 1.54) is 0 Å². The molecule has 0 amide bonds. The van der Waals surface area contributed by atoms with Gasteiger partial charge in [-0.05, 0) is 55.3 Å². The van der Waals surface area contributed by atoms with Gasteiger partial charge in [-0.1, -0.05) is 6.07 Å². The van der Waals surface area contributed by atoms with Crippen LogP contribution in [0.2, 0.25) is 0 Å². The normalized spacial score (nSPS) is 11.0. The SMILES string of the molecule is Cc1ccc2oc(=O)n(CCCOc3ccc(N)cc3)c2c1. The largest absolute Gasteiger partial charge is 0.494 e. The summed E-state index contributed by atoms with van der Waals surface area (Å²) in [5.41, 5.74) is 8.88. The number of anilines is 1. The molecule has 0 atom stereocenters. The molecule has 0 bridgehead atoms. The Kier molecular flexibility index (Phi) is 3.87. The standard InChI is InChI=1S/C17H18N2O3/c1-12-3-8-16-15(11-12)19(17(20)22-16)9-2-10-21-14-6-4-13(18)5-7-14/h3-8,11H,2,9-10,18H2,1H3. The lowest BCUT2D eigenvalue weighted by Gasteiger charge is -2.07. The molecule has 2 N–H and O–H groups in total. The van der Waals surface area contributed by atoms with Crippen LogP contribution in [0.3, 0.4) is 0 Å². The first-order valence-corrected chi connectivity index (χ1v) is 7.22. The van der Waals surface area contributed by atoms with Crippen molar-refractivity contribution in [3.05, 3.63) is 58.6 Å². The van der Waals surface area contributed by atoms with Crippen molar-refractivity contribution >= 4 is 16.8 Å². The summed E-state index contributed by atoms with van der Waals surface area (Å²) in [5, 5.41) is 0. The second kappa shape index (κ2) is 5.97. The first kappa shape index (κ1) is 14.3. The Hall–Kier alpha value is -2.69. The number of benzene rings is 2. The predicted molar refractivity (Wildman–Crippen MR) is 86.2 cm³/mol. The molecule has 1 aromatic heterocycles. The highest BCUT2D eigenvalue weighted by molar-refractivity contribution is 5.73. The number of nitrogens with zero attached hydrogens (tertiary/aromatic N) is 1. The van der Waals surface area contributed by atoms with Crippen LogP contribution in [0, 0.1) is 6.92 Å². The number of hydrogen-bond acceptors (Lipinski definition) is 4. The monoisotopic (exact) mass is 298 g/mol. The maximum atomic E-state index is 11.9. The summed E-state index contributed by atoms with van der Waals surface area (Å²) < 4.78 is 12.5. The van der Waals surface area contributed by atoms with E-state index in [0.717, 1.165) is 16.8 Å². The maximum Gasteiger partial charge on any atom is 0.419 e. The summed E-state index contributed by atoms with van der Waals surface area (Å²) >= 11 is 0. The Labute approximate surface area is 127 Å². The average Bonchev–Trinajstić information content (AvgIpc) is 2.81. The molecule has 0 fully saturated rings. The van der Waals surface area contributed by atoms with Crippen LogP contribution >= 0.6 is 0 Å². The van der Waals surface area contributed by atoms with Gasteiger partial charge in [0.15, 0.2) is 5.58 Å². The summed E-state index contributed by atoms with van der Waals surface area (Å²) in [6.45, 7) is 3.07. The maximum absolute atomic E-state index is 11.9. The van der Waals surface area contributed by atoms with E-state index in [9.17, 15) is 4.79 Å². The number of aromatic nitrogens is 1. The topological polar surface area (TPSA) is 70.4 Å². The molecule has 22 heavy (non-hydrogen) atoms. The van der Waals surface area contributed by atoms with E-state index in [0.29, 0.717) is 30.8 Å². The van der Waals surface area contributed by atoms with Gasteiger partial charge in [0, 0.05) is 12.2 Å². The molecule has 0 aliphatic heterocycles. The lowest BCUT2D eigenvalue weighted by molar-refractivity contribution is 0.300. The second-order valence-corrected chi connectivity index (χ2v) is 5.26. The van der Waals surface area contributed by atoms with Gasteiger partial charge in [-0.15, -0.1) is 0 Å². The van der Waals surface area contributed by atoms with Crippen molar-refractivity contribution in [2.24, 2.45) is 0 Å². The van der Waals surface area contributed by atoms with Crippen molar-refractivity contribution in [3.63, 3.8) is 0 Å². The van der Waals surface area contributed by atoms with E-state index >= 15 is 0 Å². The molecule has 0 unspecified atom stereocenters. The van der Waals surface area contributed by atoms with E-state index in [2.05, 4.69) is 0 Å². The molecule has 0 saturated carbocycles. The van der Waals surface area contributed by atoms with Gasteiger partial charge in [0.1, 0.15) is 5.75 Å². The smallest absolute Gasteiger partial charge is 0.419 e. The van der Waals surface area contributed by atoms with Gasteiger partial charge in [0.25, 0.3) is 0 Å². The van der Waals surface area contributed by atoms with Crippen LogP contribution < -0.4 is 16.2 Å². The van der Waals surface area contributed by atoms with Crippen molar-refractivity contribution < 1.29 is 9.15 Å². The number of ether oxygens (including phenoxy) is 1. The molecule has 114 valence electrons. The third-order valence-corrected chi connectivity index (χ3v) is 3.50. The third-order valence-electron chi connectivity index (χ3n) is 3.50. The number of hydrogen-bond donors (Lipinski definition) is 1. The number of fused-ring (bicyclic) bond motifs is 1. The van der Waals surface area contributed by atoms with Crippen molar-refractivity contribution in [1.82, 2.24) is 4.57 Å². The number of oxazole rings is 1. The molecule has 0 aliphatic rings. The van der Waals surface area contributed by atoms with E-state index in [1.54, 1.807) is 16.7 Å². The highest BCUT2D eigenvalue weighted by Gasteiger charge is 2.08. The summed E-state index contributed by atoms with van der Waals surface area (Å²) in [7, 11) is 0. The lowest BCUT2D eigenvalue weighted by atomic mass is 10.2. The fraction of sp³-hybridized carbons (Fsp3) is 0.235. The Bertz CT molecular complexity index is 831. The minimum Gasteiger partial charge on any atom is -0.494 e. The number of nitrogens with two attached hydrogens (primary N) is 1. The van der Waals surface area contributed by atoms with Gasteiger partial charge in [0.05, 0.1) is 12.1 Å². The van der Waals surface area contributed by atoms with Gasteiger partial charge in [0.2, 0.25) is 0 Å². The summed E-state index contributed by atoms with van der Waals surface area (Å²) in [6, 6.07) is 13.0. The molecule has 2 aromatic carbocycles. The van der Waals surface area contributed by atoms with Gasteiger partial charge < -0.3 is 14.9 Å². The average molecular weight is 298 g/mol. The zero-order valence-corrected chi connectivity index (χ0v) is 12.4. The van der Waals surface area contributed by atoms with Crippen molar-refractivity contribution in [2.75, 3.05) is 12.3 Å². The summed E-state index contributed by atoms with van der Waals surface area (Å²) in [4.78, 5) is 11.9. The lowest BCUT2D eigenvalue weighted by Crippen LogP contribution is -2.15. The number of aryl methyl sites for hydroxylation is 2. The second-order valence-electron chi connectivity index (χ2n) is 5.26. The van der Waals surface area contributed by atoms with Crippen LogP contribution in [0.4, 0.5) is 5.69 Å². The fourth-order valence-electron chi connectivity index (χ4n) is 2.36. The first-order valence-electron chi connectivity index (χ1n) is 7.22. The first-order chi connectivity index (χ1) is 10.6. The number of nitrogen functional groups attached to an aromatic ring is 1. The van der Waals surface area contributed by atoms with Crippen LogP contribution in [0.15, 0.2) is 51.7 Å². The molecule has 3 aromatic rings. The van der Waals surface area contributed by atoms with Crippen LogP contribution in [-0.4, -0.2) is 11.2 Å². The number of rotatable bonds is 5. The van der Waals surface area contributed by atoms with Crippen LogP contribution in [0.5, 0.6) is 5.75 Å². The quantitative estimate of drug-likeness (QED) is 0.580. The van der Waals surface area contributed by atoms with Crippen LogP contribution in [-0.2, 0) is 6.54 Å². The predicted octanol–water partition coefficient (Wildman–Crippen LogP) is 2.95. The molecule has 0 radical (unpaired) electrons. The zero-order valence-electron chi connectivity index (χ0n) is 12.4. The van der Waals surface area contributed by atoms with E-state index in [1.807, 2.05) is 37.3 Å². The molecule has 0 spiro atoms. The fourth-order valence-corrected chi connectivity index (χ4v) is 2.36. The van der Waals surface area contributed by atoms with Crippen LogP contribution in [0.25, 0.3) is 11.1 Å². The molecular weight excluding hydrogens is 280 g/mol. The van der Waals surface area contributed by atoms with Gasteiger partial charge in [-0.3, -0.25) is 4.57 Å². The van der Waals surface area contributed by atoms with E-state index < -0.39 is 0 Å². The Morgan fingerprint density at radius 3 is 2.73 bits per heavy atom.